The zero-order chi connectivity index (χ0) is 16.2. The molecule has 0 spiro atoms. The molecule has 0 aliphatic heterocycles. The Morgan fingerprint density at radius 1 is 1.33 bits per heavy atom. The number of ether oxygens (including phenoxy) is 1. The molecular formula is C16H30ClN3O. The van der Waals surface area contributed by atoms with Crippen molar-refractivity contribution < 1.29 is 4.74 Å². The van der Waals surface area contributed by atoms with Crippen molar-refractivity contribution in [2.24, 2.45) is 5.41 Å². The van der Waals surface area contributed by atoms with Gasteiger partial charge in [-0.3, -0.25) is 4.68 Å². The molecule has 4 nitrogen and oxygen atoms in total. The van der Waals surface area contributed by atoms with E-state index in [0.717, 1.165) is 35.9 Å². The highest BCUT2D eigenvalue weighted by molar-refractivity contribution is 6.31. The summed E-state index contributed by atoms with van der Waals surface area (Å²) in [6.45, 7) is 14.5. The first-order valence-electron chi connectivity index (χ1n) is 7.74. The second-order valence-electron chi connectivity index (χ2n) is 6.55. The summed E-state index contributed by atoms with van der Waals surface area (Å²) in [6, 6.07) is 0.207. The van der Waals surface area contributed by atoms with E-state index in [1.54, 1.807) is 7.11 Å². The molecule has 0 aliphatic carbocycles. The molecule has 2 atom stereocenters. The van der Waals surface area contributed by atoms with E-state index >= 15 is 0 Å². The van der Waals surface area contributed by atoms with Gasteiger partial charge in [-0.05, 0) is 25.8 Å². The Kier molecular flexibility index (Phi) is 6.70. The average Bonchev–Trinajstić information content (AvgIpc) is 2.65. The quantitative estimate of drug-likeness (QED) is 0.837. The fourth-order valence-electron chi connectivity index (χ4n) is 2.94. The Morgan fingerprint density at radius 2 is 1.95 bits per heavy atom. The van der Waals surface area contributed by atoms with Crippen molar-refractivity contribution in [1.82, 2.24) is 15.1 Å². The van der Waals surface area contributed by atoms with Gasteiger partial charge in [0, 0.05) is 26.1 Å². The molecule has 0 aliphatic rings. The third-order valence-electron chi connectivity index (χ3n) is 3.81. The maximum absolute atomic E-state index is 6.45. The van der Waals surface area contributed by atoms with Crippen molar-refractivity contribution in [3.63, 3.8) is 0 Å². The van der Waals surface area contributed by atoms with Crippen molar-refractivity contribution >= 4 is 11.6 Å². The zero-order valence-corrected chi connectivity index (χ0v) is 15.2. The lowest BCUT2D eigenvalue weighted by Gasteiger charge is -2.36. The molecule has 1 N–H and O–H groups in total. The van der Waals surface area contributed by atoms with E-state index in [2.05, 4.69) is 45.0 Å². The monoisotopic (exact) mass is 315 g/mol. The van der Waals surface area contributed by atoms with Crippen molar-refractivity contribution in [3.05, 3.63) is 16.4 Å². The maximum Gasteiger partial charge on any atom is 0.0847 e. The van der Waals surface area contributed by atoms with Crippen LogP contribution in [-0.4, -0.2) is 35.6 Å². The van der Waals surface area contributed by atoms with E-state index in [0.29, 0.717) is 0 Å². The normalized spacial score (nSPS) is 15.2. The van der Waals surface area contributed by atoms with Crippen LogP contribution in [0.4, 0.5) is 0 Å². The molecule has 0 saturated carbocycles. The number of halogens is 1. The first kappa shape index (κ1) is 18.5. The minimum Gasteiger partial charge on any atom is -0.379 e. The number of hydrogen-bond acceptors (Lipinski definition) is 3. The van der Waals surface area contributed by atoms with Gasteiger partial charge in [0.2, 0.25) is 0 Å². The molecule has 1 aromatic heterocycles. The predicted octanol–water partition coefficient (Wildman–Crippen LogP) is 3.45. The van der Waals surface area contributed by atoms with Gasteiger partial charge in [0.1, 0.15) is 0 Å². The highest BCUT2D eigenvalue weighted by Crippen LogP contribution is 2.28. The molecule has 0 fully saturated rings. The van der Waals surface area contributed by atoms with Gasteiger partial charge < -0.3 is 10.1 Å². The van der Waals surface area contributed by atoms with E-state index in [1.807, 2.05) is 11.6 Å². The molecule has 5 heteroatoms. The first-order chi connectivity index (χ1) is 9.76. The van der Waals surface area contributed by atoms with Crippen molar-refractivity contribution in [3.8, 4) is 0 Å². The number of hydrogen-bond donors (Lipinski definition) is 1. The molecule has 0 aromatic carbocycles. The number of nitrogens with one attached hydrogen (secondary N) is 1. The van der Waals surface area contributed by atoms with Gasteiger partial charge in [-0.25, -0.2) is 0 Å². The lowest BCUT2D eigenvalue weighted by Crippen LogP contribution is -2.49. The fraction of sp³-hybridized carbons (Fsp3) is 0.812. The lowest BCUT2D eigenvalue weighted by molar-refractivity contribution is -0.0110. The summed E-state index contributed by atoms with van der Waals surface area (Å²) in [5.74, 6) is 0. The fourth-order valence-corrected chi connectivity index (χ4v) is 3.15. The average molecular weight is 316 g/mol. The standard InChI is InChI=1S/C16H30ClN3O/c1-8-18-12(15(21-7)16(4,5)6)10-13-14(17)11(3)19-20(13)9-2/h12,15,18H,8-10H2,1-7H3. The third-order valence-corrected chi connectivity index (χ3v) is 4.30. The third kappa shape index (κ3) is 4.44. The van der Waals surface area contributed by atoms with Crippen molar-refractivity contribution in [1.29, 1.82) is 0 Å². The maximum atomic E-state index is 6.45. The van der Waals surface area contributed by atoms with Crippen LogP contribution in [0.2, 0.25) is 5.02 Å². The SMILES string of the molecule is CCNC(Cc1c(Cl)c(C)nn1CC)C(OC)C(C)(C)C. The Hall–Kier alpha value is -0.580. The molecule has 0 radical (unpaired) electrons. The van der Waals surface area contributed by atoms with Gasteiger partial charge in [0.15, 0.2) is 0 Å². The molecular weight excluding hydrogens is 286 g/mol. The molecule has 0 bridgehead atoms. The molecule has 21 heavy (non-hydrogen) atoms. The Balaban J connectivity index is 3.08. The minimum absolute atomic E-state index is 0.0557. The second-order valence-corrected chi connectivity index (χ2v) is 6.93. The van der Waals surface area contributed by atoms with Crippen LogP contribution >= 0.6 is 11.6 Å². The van der Waals surface area contributed by atoms with Crippen LogP contribution in [0.25, 0.3) is 0 Å². The second kappa shape index (κ2) is 7.61. The number of aromatic nitrogens is 2. The minimum atomic E-state index is 0.0557. The van der Waals surface area contributed by atoms with Gasteiger partial charge in [-0.15, -0.1) is 0 Å². The Bertz CT molecular complexity index is 451. The van der Waals surface area contributed by atoms with Crippen molar-refractivity contribution in [2.45, 2.75) is 66.7 Å². The molecule has 1 rings (SSSR count). The lowest BCUT2D eigenvalue weighted by atomic mass is 9.83. The summed E-state index contributed by atoms with van der Waals surface area (Å²) in [5.41, 5.74) is 2.04. The summed E-state index contributed by atoms with van der Waals surface area (Å²) in [4.78, 5) is 0. The van der Waals surface area contributed by atoms with Crippen LogP contribution in [-0.2, 0) is 17.7 Å². The summed E-state index contributed by atoms with van der Waals surface area (Å²) in [7, 11) is 1.78. The van der Waals surface area contributed by atoms with Crippen LogP contribution < -0.4 is 5.32 Å². The summed E-state index contributed by atoms with van der Waals surface area (Å²) in [6.07, 6.45) is 0.922. The van der Waals surface area contributed by atoms with Crippen molar-refractivity contribution in [2.75, 3.05) is 13.7 Å². The highest BCUT2D eigenvalue weighted by Gasteiger charge is 2.33. The summed E-state index contributed by atoms with van der Waals surface area (Å²) >= 11 is 6.45. The van der Waals surface area contributed by atoms with E-state index in [9.17, 15) is 0 Å². The Morgan fingerprint density at radius 3 is 2.38 bits per heavy atom. The van der Waals surface area contributed by atoms with E-state index < -0.39 is 0 Å². The smallest absolute Gasteiger partial charge is 0.0847 e. The summed E-state index contributed by atoms with van der Waals surface area (Å²) < 4.78 is 7.78. The highest BCUT2D eigenvalue weighted by atomic mass is 35.5. The van der Waals surface area contributed by atoms with E-state index in [4.69, 9.17) is 16.3 Å². The van der Waals surface area contributed by atoms with E-state index in [-0.39, 0.29) is 17.6 Å². The number of nitrogens with zero attached hydrogens (tertiary/aromatic N) is 2. The van der Waals surface area contributed by atoms with Gasteiger partial charge in [0.05, 0.1) is 22.5 Å². The largest absolute Gasteiger partial charge is 0.379 e. The van der Waals surface area contributed by atoms with Crippen LogP contribution in [0.5, 0.6) is 0 Å². The number of aryl methyl sites for hydroxylation is 2. The van der Waals surface area contributed by atoms with Gasteiger partial charge >= 0.3 is 0 Å². The molecule has 0 saturated heterocycles. The van der Waals surface area contributed by atoms with Gasteiger partial charge in [-0.2, -0.15) is 5.10 Å². The molecule has 2 unspecified atom stereocenters. The zero-order valence-electron chi connectivity index (χ0n) is 14.5. The topological polar surface area (TPSA) is 39.1 Å². The number of rotatable bonds is 7. The van der Waals surface area contributed by atoms with E-state index in [1.165, 1.54) is 0 Å². The first-order valence-corrected chi connectivity index (χ1v) is 8.11. The predicted molar refractivity (Wildman–Crippen MR) is 89.1 cm³/mol. The summed E-state index contributed by atoms with van der Waals surface area (Å²) in [5, 5.41) is 8.84. The number of methoxy groups -OCH3 is 1. The molecule has 1 aromatic rings. The van der Waals surface area contributed by atoms with Gasteiger partial charge in [-0.1, -0.05) is 39.3 Å². The number of likely N-dealkylation sites (N-methyl/N-ethyl adjacent to an activating group) is 1. The Labute approximate surface area is 134 Å². The molecule has 122 valence electrons. The van der Waals surface area contributed by atoms with Crippen LogP contribution in [0, 0.1) is 12.3 Å². The molecule has 0 amide bonds. The van der Waals surface area contributed by atoms with Gasteiger partial charge in [0.25, 0.3) is 0 Å². The molecule has 1 heterocycles. The van der Waals surface area contributed by atoms with Crippen LogP contribution in [0.3, 0.4) is 0 Å². The van der Waals surface area contributed by atoms with Crippen LogP contribution in [0.15, 0.2) is 0 Å². The van der Waals surface area contributed by atoms with Crippen LogP contribution in [0.1, 0.15) is 46.0 Å².